The second kappa shape index (κ2) is 3.25. The van der Waals surface area contributed by atoms with E-state index in [1.807, 2.05) is 17.1 Å². The number of nitrogens with one attached hydrogen (secondary N) is 1. The van der Waals surface area contributed by atoms with Crippen LogP contribution < -0.4 is 11.3 Å². The van der Waals surface area contributed by atoms with Crippen LogP contribution in [0.15, 0.2) is 12.4 Å². The van der Waals surface area contributed by atoms with Gasteiger partial charge in [0.25, 0.3) is 0 Å². The number of hydrogen-bond donors (Lipinski definition) is 2. The Morgan fingerprint density at radius 2 is 2.25 bits per heavy atom. The fourth-order valence-electron chi connectivity index (χ4n) is 0.936. The maximum Gasteiger partial charge on any atom is 0.0543 e. The maximum atomic E-state index is 5.19. The molecule has 0 atom stereocenters. The first kappa shape index (κ1) is 9.22. The zero-order valence-corrected chi connectivity index (χ0v) is 7.83. The fraction of sp³-hybridized carbons (Fsp3) is 0.625. The number of hydrazine groups is 1. The zero-order valence-electron chi connectivity index (χ0n) is 7.83. The van der Waals surface area contributed by atoms with Crippen LogP contribution in [-0.4, -0.2) is 9.78 Å². The number of nitrogens with zero attached hydrogens (tertiary/aromatic N) is 2. The van der Waals surface area contributed by atoms with Crippen LogP contribution in [0.4, 0.5) is 0 Å². The summed E-state index contributed by atoms with van der Waals surface area (Å²) in [5.74, 6) is 5.19. The molecule has 0 saturated carbocycles. The predicted octanol–water partition coefficient (Wildman–Crippen LogP) is 0.601. The van der Waals surface area contributed by atoms with Crippen molar-refractivity contribution < 1.29 is 0 Å². The summed E-state index contributed by atoms with van der Waals surface area (Å²) >= 11 is 0. The van der Waals surface area contributed by atoms with E-state index in [0.717, 1.165) is 5.56 Å². The van der Waals surface area contributed by atoms with E-state index in [1.165, 1.54) is 0 Å². The van der Waals surface area contributed by atoms with Gasteiger partial charge < -0.3 is 0 Å². The van der Waals surface area contributed by atoms with Gasteiger partial charge in [-0.15, -0.1) is 0 Å². The van der Waals surface area contributed by atoms with E-state index in [0.29, 0.717) is 6.54 Å². The Kier molecular flexibility index (Phi) is 2.49. The smallest absolute Gasteiger partial charge is 0.0543 e. The van der Waals surface area contributed by atoms with E-state index in [2.05, 4.69) is 31.3 Å². The Hall–Kier alpha value is -0.870. The van der Waals surface area contributed by atoms with Gasteiger partial charge in [0.2, 0.25) is 0 Å². The van der Waals surface area contributed by atoms with Crippen molar-refractivity contribution in [2.45, 2.75) is 32.9 Å². The highest BCUT2D eigenvalue weighted by Crippen LogP contribution is 2.12. The summed E-state index contributed by atoms with van der Waals surface area (Å²) in [6.07, 6.45) is 3.82. The minimum atomic E-state index is 0.0485. The van der Waals surface area contributed by atoms with E-state index >= 15 is 0 Å². The molecule has 0 unspecified atom stereocenters. The SMILES string of the molecule is CC(C)(C)n1cc(CNN)cn1. The zero-order chi connectivity index (χ0) is 9.19. The second-order valence-electron chi connectivity index (χ2n) is 3.84. The average molecular weight is 168 g/mol. The third-order valence-electron chi connectivity index (χ3n) is 1.63. The van der Waals surface area contributed by atoms with E-state index in [4.69, 9.17) is 5.84 Å². The molecule has 4 heteroatoms. The lowest BCUT2D eigenvalue weighted by molar-refractivity contribution is 0.355. The summed E-state index contributed by atoms with van der Waals surface area (Å²) < 4.78 is 1.93. The van der Waals surface area contributed by atoms with E-state index in [1.54, 1.807) is 0 Å². The van der Waals surface area contributed by atoms with Gasteiger partial charge in [-0.05, 0) is 20.8 Å². The van der Waals surface area contributed by atoms with E-state index < -0.39 is 0 Å². The van der Waals surface area contributed by atoms with Crippen LogP contribution in [0.1, 0.15) is 26.3 Å². The van der Waals surface area contributed by atoms with E-state index in [9.17, 15) is 0 Å². The Morgan fingerprint density at radius 1 is 1.58 bits per heavy atom. The average Bonchev–Trinajstić information content (AvgIpc) is 2.35. The molecular weight excluding hydrogens is 152 g/mol. The first-order valence-electron chi connectivity index (χ1n) is 4.01. The van der Waals surface area contributed by atoms with Crippen LogP contribution in [0.2, 0.25) is 0 Å². The van der Waals surface area contributed by atoms with Crippen molar-refractivity contribution in [2.75, 3.05) is 0 Å². The largest absolute Gasteiger partial charge is 0.271 e. The minimum Gasteiger partial charge on any atom is -0.271 e. The molecule has 4 nitrogen and oxygen atoms in total. The van der Waals surface area contributed by atoms with Crippen LogP contribution >= 0.6 is 0 Å². The van der Waals surface area contributed by atoms with Crippen molar-refractivity contribution in [3.05, 3.63) is 18.0 Å². The maximum absolute atomic E-state index is 5.19. The molecule has 1 aromatic rings. The third kappa shape index (κ3) is 2.06. The summed E-state index contributed by atoms with van der Waals surface area (Å²) in [6, 6.07) is 0. The van der Waals surface area contributed by atoms with Gasteiger partial charge in [-0.2, -0.15) is 5.10 Å². The molecule has 68 valence electrons. The van der Waals surface area contributed by atoms with Crippen molar-refractivity contribution in [1.82, 2.24) is 15.2 Å². The quantitative estimate of drug-likeness (QED) is 0.502. The lowest BCUT2D eigenvalue weighted by Crippen LogP contribution is -2.22. The first-order valence-corrected chi connectivity index (χ1v) is 4.01. The van der Waals surface area contributed by atoms with Gasteiger partial charge in [-0.25, -0.2) is 0 Å². The standard InChI is InChI=1S/C8H16N4/c1-8(2,3)12-6-7(4-10-9)5-11-12/h5-6,10H,4,9H2,1-3H3. The highest BCUT2D eigenvalue weighted by Gasteiger charge is 2.13. The van der Waals surface area contributed by atoms with Crippen molar-refractivity contribution in [1.29, 1.82) is 0 Å². The van der Waals surface area contributed by atoms with Gasteiger partial charge in [0.15, 0.2) is 0 Å². The Labute approximate surface area is 72.7 Å². The molecule has 0 aromatic carbocycles. The lowest BCUT2D eigenvalue weighted by atomic mass is 10.1. The summed E-state index contributed by atoms with van der Waals surface area (Å²) in [7, 11) is 0. The molecule has 0 bridgehead atoms. The summed E-state index contributed by atoms with van der Waals surface area (Å²) in [4.78, 5) is 0. The van der Waals surface area contributed by atoms with Crippen LogP contribution in [0.25, 0.3) is 0 Å². The molecule has 1 heterocycles. The molecule has 0 aliphatic carbocycles. The number of rotatable bonds is 2. The predicted molar refractivity (Wildman–Crippen MR) is 48.3 cm³/mol. The monoisotopic (exact) mass is 168 g/mol. The number of hydrogen-bond acceptors (Lipinski definition) is 3. The van der Waals surface area contributed by atoms with Gasteiger partial charge in [0, 0.05) is 18.3 Å². The summed E-state index contributed by atoms with van der Waals surface area (Å²) in [5, 5.41) is 4.23. The summed E-state index contributed by atoms with van der Waals surface area (Å²) in [5.41, 5.74) is 3.75. The molecule has 12 heavy (non-hydrogen) atoms. The Bertz CT molecular complexity index is 246. The van der Waals surface area contributed by atoms with Crippen molar-refractivity contribution >= 4 is 0 Å². The van der Waals surface area contributed by atoms with Crippen LogP contribution in [0, 0.1) is 0 Å². The molecule has 0 amide bonds. The van der Waals surface area contributed by atoms with Crippen LogP contribution in [0.5, 0.6) is 0 Å². The normalized spacial score (nSPS) is 12.0. The molecule has 0 aliphatic heterocycles. The molecule has 0 radical (unpaired) electrons. The molecular formula is C8H16N4. The second-order valence-corrected chi connectivity index (χ2v) is 3.84. The number of nitrogens with two attached hydrogens (primary N) is 1. The van der Waals surface area contributed by atoms with Gasteiger partial charge in [-0.3, -0.25) is 16.0 Å². The van der Waals surface area contributed by atoms with Crippen LogP contribution in [0.3, 0.4) is 0 Å². The van der Waals surface area contributed by atoms with Gasteiger partial charge in [0.05, 0.1) is 11.7 Å². The van der Waals surface area contributed by atoms with E-state index in [-0.39, 0.29) is 5.54 Å². The van der Waals surface area contributed by atoms with Crippen molar-refractivity contribution in [3.8, 4) is 0 Å². The van der Waals surface area contributed by atoms with Crippen molar-refractivity contribution in [3.63, 3.8) is 0 Å². The van der Waals surface area contributed by atoms with Crippen molar-refractivity contribution in [2.24, 2.45) is 5.84 Å². The molecule has 3 N–H and O–H groups in total. The molecule has 0 saturated heterocycles. The highest BCUT2D eigenvalue weighted by molar-refractivity contribution is 5.04. The Balaban J connectivity index is 2.77. The number of aromatic nitrogens is 2. The molecule has 1 rings (SSSR count). The molecule has 0 aliphatic rings. The van der Waals surface area contributed by atoms with Crippen LogP contribution in [-0.2, 0) is 12.1 Å². The summed E-state index contributed by atoms with van der Waals surface area (Å²) in [6.45, 7) is 7.00. The highest BCUT2D eigenvalue weighted by atomic mass is 15.3. The fourth-order valence-corrected chi connectivity index (χ4v) is 0.936. The Morgan fingerprint density at radius 3 is 2.67 bits per heavy atom. The minimum absolute atomic E-state index is 0.0485. The topological polar surface area (TPSA) is 55.9 Å². The molecule has 0 fully saturated rings. The first-order chi connectivity index (χ1) is 5.54. The van der Waals surface area contributed by atoms with Gasteiger partial charge in [0.1, 0.15) is 0 Å². The van der Waals surface area contributed by atoms with Gasteiger partial charge >= 0.3 is 0 Å². The molecule has 1 aromatic heterocycles. The third-order valence-corrected chi connectivity index (χ3v) is 1.63. The van der Waals surface area contributed by atoms with Gasteiger partial charge in [-0.1, -0.05) is 0 Å². The lowest BCUT2D eigenvalue weighted by Gasteiger charge is -2.18. The molecule has 0 spiro atoms.